The van der Waals surface area contributed by atoms with Crippen molar-refractivity contribution in [1.29, 1.82) is 0 Å². The molecule has 5 rings (SSSR count). The van der Waals surface area contributed by atoms with E-state index in [4.69, 9.17) is 30.8 Å². The standard InChI is InChI=1S/C31H34ClN3O4/c1-17-20-9-8-14-38-24(20)11-10-21(17)27-22-16-23(19-12-13-33-25(32)15-19)35(6)29(22)34-18(2)26(27)28(30(36)37-7)39-31(3,4)5/h10-13,15-16,28H,8-9,14H2,1-7H3/t28-/m0/s1. The van der Waals surface area contributed by atoms with Crippen molar-refractivity contribution >= 4 is 28.6 Å². The quantitative estimate of drug-likeness (QED) is 0.199. The first kappa shape index (κ1) is 27.2. The Kier molecular flexibility index (Phi) is 7.16. The van der Waals surface area contributed by atoms with Gasteiger partial charge in [0.25, 0.3) is 0 Å². The summed E-state index contributed by atoms with van der Waals surface area (Å²) in [5.41, 5.74) is 7.68. The maximum absolute atomic E-state index is 13.3. The fourth-order valence-electron chi connectivity index (χ4n) is 5.47. The van der Waals surface area contributed by atoms with Crippen LogP contribution in [0.2, 0.25) is 5.15 Å². The summed E-state index contributed by atoms with van der Waals surface area (Å²) < 4.78 is 19.7. The van der Waals surface area contributed by atoms with Gasteiger partial charge in [0.15, 0.2) is 6.10 Å². The van der Waals surface area contributed by atoms with E-state index in [1.807, 2.05) is 52.9 Å². The third-order valence-electron chi connectivity index (χ3n) is 7.23. The number of fused-ring (bicyclic) bond motifs is 2. The fourth-order valence-corrected chi connectivity index (χ4v) is 5.65. The topological polar surface area (TPSA) is 75.5 Å². The van der Waals surface area contributed by atoms with E-state index in [0.29, 0.717) is 16.4 Å². The summed E-state index contributed by atoms with van der Waals surface area (Å²) in [6.45, 7) is 10.6. The zero-order valence-electron chi connectivity index (χ0n) is 23.5. The normalized spacial score (nSPS) is 14.2. The van der Waals surface area contributed by atoms with Crippen LogP contribution in [0.1, 0.15) is 55.7 Å². The van der Waals surface area contributed by atoms with Crippen LogP contribution in [0.4, 0.5) is 0 Å². The Morgan fingerprint density at radius 3 is 2.64 bits per heavy atom. The van der Waals surface area contributed by atoms with Crippen molar-refractivity contribution in [3.8, 4) is 28.1 Å². The molecule has 8 heteroatoms. The van der Waals surface area contributed by atoms with Crippen molar-refractivity contribution in [2.24, 2.45) is 7.05 Å². The smallest absolute Gasteiger partial charge is 0.339 e. The maximum Gasteiger partial charge on any atom is 0.339 e. The molecule has 0 spiro atoms. The predicted octanol–water partition coefficient (Wildman–Crippen LogP) is 6.93. The average molecular weight is 548 g/mol. The molecule has 0 N–H and O–H groups in total. The van der Waals surface area contributed by atoms with Crippen LogP contribution in [0.25, 0.3) is 33.4 Å². The van der Waals surface area contributed by atoms with E-state index in [0.717, 1.165) is 64.2 Å². The summed E-state index contributed by atoms with van der Waals surface area (Å²) in [4.78, 5) is 22.4. The third-order valence-corrected chi connectivity index (χ3v) is 7.43. The largest absolute Gasteiger partial charge is 0.493 e. The predicted molar refractivity (Wildman–Crippen MR) is 153 cm³/mol. The number of esters is 1. The van der Waals surface area contributed by atoms with Gasteiger partial charge in [0.05, 0.1) is 25.0 Å². The first-order valence-corrected chi connectivity index (χ1v) is 13.5. The van der Waals surface area contributed by atoms with Gasteiger partial charge in [-0.2, -0.15) is 0 Å². The van der Waals surface area contributed by atoms with Crippen LogP contribution in [0.15, 0.2) is 36.5 Å². The zero-order chi connectivity index (χ0) is 28.1. The molecule has 1 aliphatic rings. The Morgan fingerprint density at radius 2 is 1.95 bits per heavy atom. The molecule has 0 aliphatic carbocycles. The molecule has 4 heterocycles. The second-order valence-electron chi connectivity index (χ2n) is 11.0. The van der Waals surface area contributed by atoms with E-state index in [9.17, 15) is 4.79 Å². The Bertz CT molecular complexity index is 1590. The minimum absolute atomic E-state index is 0.415. The highest BCUT2D eigenvalue weighted by Gasteiger charge is 2.34. The van der Waals surface area contributed by atoms with Crippen LogP contribution in [0.5, 0.6) is 5.75 Å². The summed E-state index contributed by atoms with van der Waals surface area (Å²) in [7, 11) is 3.37. The molecule has 0 bridgehead atoms. The van der Waals surface area contributed by atoms with E-state index in [-0.39, 0.29) is 0 Å². The van der Waals surface area contributed by atoms with E-state index in [1.54, 1.807) is 6.20 Å². The van der Waals surface area contributed by atoms with Gasteiger partial charge in [-0.15, -0.1) is 0 Å². The number of aryl methyl sites for hydroxylation is 2. The number of rotatable bonds is 5. The molecule has 39 heavy (non-hydrogen) atoms. The second kappa shape index (κ2) is 10.3. The lowest BCUT2D eigenvalue weighted by molar-refractivity contribution is -0.164. The highest BCUT2D eigenvalue weighted by Crippen LogP contribution is 2.45. The lowest BCUT2D eigenvalue weighted by Crippen LogP contribution is -2.29. The highest BCUT2D eigenvalue weighted by molar-refractivity contribution is 6.29. The summed E-state index contributed by atoms with van der Waals surface area (Å²) in [6.07, 6.45) is 2.63. The van der Waals surface area contributed by atoms with Gasteiger partial charge in [-0.05, 0) is 88.4 Å². The number of ether oxygens (including phenoxy) is 3. The summed E-state index contributed by atoms with van der Waals surface area (Å²) in [5, 5.41) is 1.32. The highest BCUT2D eigenvalue weighted by atomic mass is 35.5. The van der Waals surface area contributed by atoms with Gasteiger partial charge in [0.2, 0.25) is 0 Å². The van der Waals surface area contributed by atoms with Crippen molar-refractivity contribution in [3.05, 3.63) is 64.1 Å². The molecule has 1 aliphatic heterocycles. The first-order valence-electron chi connectivity index (χ1n) is 13.1. The molecular formula is C31H34ClN3O4. The van der Waals surface area contributed by atoms with Gasteiger partial charge in [0.1, 0.15) is 16.5 Å². The Balaban J connectivity index is 1.88. The van der Waals surface area contributed by atoms with E-state index >= 15 is 0 Å². The molecule has 0 saturated carbocycles. The van der Waals surface area contributed by atoms with Crippen molar-refractivity contribution in [1.82, 2.24) is 14.5 Å². The van der Waals surface area contributed by atoms with Crippen LogP contribution in [-0.2, 0) is 27.7 Å². The monoisotopic (exact) mass is 547 g/mol. The zero-order valence-corrected chi connectivity index (χ0v) is 24.3. The molecule has 0 fully saturated rings. The maximum atomic E-state index is 13.3. The van der Waals surface area contributed by atoms with Crippen molar-refractivity contribution in [2.45, 2.75) is 59.2 Å². The molecule has 3 aromatic heterocycles. The minimum Gasteiger partial charge on any atom is -0.493 e. The number of halogens is 1. The molecule has 0 amide bonds. The van der Waals surface area contributed by atoms with Crippen molar-refractivity contribution in [3.63, 3.8) is 0 Å². The van der Waals surface area contributed by atoms with Crippen LogP contribution in [-0.4, -0.2) is 39.8 Å². The second-order valence-corrected chi connectivity index (χ2v) is 11.4. The Morgan fingerprint density at radius 1 is 1.18 bits per heavy atom. The average Bonchev–Trinajstić information content (AvgIpc) is 3.22. The Hall–Kier alpha value is -3.42. The number of carbonyl (C=O) groups excluding carboxylic acids is 1. The van der Waals surface area contributed by atoms with Crippen LogP contribution in [0.3, 0.4) is 0 Å². The molecule has 0 radical (unpaired) electrons. The summed E-state index contributed by atoms with van der Waals surface area (Å²) in [6, 6.07) is 9.98. The molecule has 7 nitrogen and oxygen atoms in total. The summed E-state index contributed by atoms with van der Waals surface area (Å²) in [5.74, 6) is 0.452. The van der Waals surface area contributed by atoms with Gasteiger partial charge in [-0.1, -0.05) is 17.7 Å². The van der Waals surface area contributed by atoms with Gasteiger partial charge < -0.3 is 18.8 Å². The first-order chi connectivity index (χ1) is 18.5. The van der Waals surface area contributed by atoms with Crippen LogP contribution >= 0.6 is 11.6 Å². The number of pyridine rings is 2. The number of hydrogen-bond donors (Lipinski definition) is 0. The van der Waals surface area contributed by atoms with Gasteiger partial charge in [-0.25, -0.2) is 14.8 Å². The summed E-state index contributed by atoms with van der Waals surface area (Å²) >= 11 is 6.25. The van der Waals surface area contributed by atoms with Gasteiger partial charge >= 0.3 is 5.97 Å². The van der Waals surface area contributed by atoms with E-state index in [1.165, 1.54) is 12.7 Å². The molecule has 4 aromatic rings. The van der Waals surface area contributed by atoms with Gasteiger partial charge in [-0.3, -0.25) is 0 Å². The van der Waals surface area contributed by atoms with Crippen molar-refractivity contribution in [2.75, 3.05) is 13.7 Å². The van der Waals surface area contributed by atoms with Crippen molar-refractivity contribution < 1.29 is 19.0 Å². The minimum atomic E-state index is -0.965. The Labute approximate surface area is 234 Å². The number of aromatic nitrogens is 3. The molecule has 0 saturated heterocycles. The number of methoxy groups -OCH3 is 1. The third kappa shape index (κ3) is 5.01. The SMILES string of the molecule is COC(=O)[C@@H](OC(C)(C)C)c1c(C)nc2c(cc(-c3ccnc(Cl)c3)n2C)c1-c1ccc2c(c1C)CCCO2. The molecule has 204 valence electrons. The molecule has 1 aromatic carbocycles. The molecule has 1 atom stereocenters. The lowest BCUT2D eigenvalue weighted by atomic mass is 9.87. The van der Waals surface area contributed by atoms with E-state index in [2.05, 4.69) is 28.6 Å². The fraction of sp³-hybridized carbons (Fsp3) is 0.387. The van der Waals surface area contributed by atoms with Gasteiger partial charge in [0, 0.05) is 41.0 Å². The molecule has 0 unspecified atom stereocenters. The number of carbonyl (C=O) groups is 1. The number of nitrogens with zero attached hydrogens (tertiary/aromatic N) is 3. The number of benzene rings is 1. The van der Waals surface area contributed by atoms with Crippen LogP contribution < -0.4 is 4.74 Å². The lowest BCUT2D eigenvalue weighted by Gasteiger charge is -2.29. The van der Waals surface area contributed by atoms with E-state index < -0.39 is 17.7 Å². The molecular weight excluding hydrogens is 514 g/mol. The van der Waals surface area contributed by atoms with Crippen LogP contribution in [0, 0.1) is 13.8 Å². The number of hydrogen-bond acceptors (Lipinski definition) is 6.